The molecule has 0 aliphatic heterocycles. The van der Waals surface area contributed by atoms with Crippen molar-refractivity contribution in [3.63, 3.8) is 0 Å². The van der Waals surface area contributed by atoms with Gasteiger partial charge in [-0.25, -0.2) is 34.9 Å². The van der Waals surface area contributed by atoms with Crippen molar-refractivity contribution in [3.05, 3.63) is 437 Å². The molecule has 0 unspecified atom stereocenters. The van der Waals surface area contributed by atoms with Crippen LogP contribution < -0.4 is 0 Å². The number of benzene rings is 18. The minimum atomic E-state index is 0.619. The van der Waals surface area contributed by atoms with E-state index in [0.29, 0.717) is 52.5 Å². The van der Waals surface area contributed by atoms with E-state index in [-0.39, 0.29) is 0 Å². The van der Waals surface area contributed by atoms with E-state index in [0.717, 1.165) is 78.0 Å². The first-order chi connectivity index (χ1) is 65.4. The lowest BCUT2D eigenvalue weighted by Gasteiger charge is -2.12. The zero-order chi connectivity index (χ0) is 87.1. The fourth-order valence-corrected chi connectivity index (χ4v) is 22.4. The van der Waals surface area contributed by atoms with Crippen molar-refractivity contribution in [2.45, 2.75) is 0 Å². The Labute approximate surface area is 769 Å². The second kappa shape index (κ2) is 32.7. The van der Waals surface area contributed by atoms with E-state index in [1.165, 1.54) is 115 Å². The molecule has 12 nitrogen and oxygen atoms in total. The minimum absolute atomic E-state index is 0.619. The molecule has 0 amide bonds. The van der Waals surface area contributed by atoms with E-state index >= 15 is 0 Å². The van der Waals surface area contributed by atoms with Gasteiger partial charge in [0.25, 0.3) is 0 Å². The van der Waals surface area contributed by atoms with E-state index < -0.39 is 0 Å². The lowest BCUT2D eigenvalue weighted by molar-refractivity contribution is 0.955. The van der Waals surface area contributed by atoms with Crippen molar-refractivity contribution in [3.8, 4) is 120 Å². The molecule has 9 aromatic heterocycles. The first-order valence-electron chi connectivity index (χ1n) is 43.9. The molecule has 0 fully saturated rings. The summed E-state index contributed by atoms with van der Waals surface area (Å²) in [7, 11) is 0. The Morgan fingerprint density at radius 1 is 0.152 bits per heavy atom. The number of thiophene rings is 3. The first kappa shape index (κ1) is 77.4. The highest BCUT2D eigenvalue weighted by Crippen LogP contribution is 2.48. The summed E-state index contributed by atoms with van der Waals surface area (Å²) in [5, 5.41) is 15.1. The summed E-state index contributed by atoms with van der Waals surface area (Å²) >= 11 is 5.55. The Bertz CT molecular complexity index is 9030. The molecule has 27 rings (SSSR count). The molecule has 15 heteroatoms. The third-order valence-electron chi connectivity index (χ3n) is 24.8. The summed E-state index contributed by atoms with van der Waals surface area (Å²) < 4.78 is 14.8. The first-order valence-corrected chi connectivity index (χ1v) is 46.3. The van der Waals surface area contributed by atoms with Crippen molar-refractivity contribution in [1.29, 1.82) is 0 Å². The van der Waals surface area contributed by atoms with E-state index in [1.807, 2.05) is 192 Å². The molecule has 0 aliphatic rings. The number of nitrogens with zero attached hydrogens (tertiary/aromatic N) is 12. The van der Waals surface area contributed by atoms with Gasteiger partial charge in [-0.15, -0.1) is 34.0 Å². The largest absolute Gasteiger partial charge is 0.308 e. The number of hydrogen-bond donors (Lipinski definition) is 0. The molecule has 0 saturated carbocycles. The standard InChI is InChI=1S/C45H28N4S.C39H24N4S.C33H20N4S/c1-3-13-29(14-4-1)31-17-11-18-32(27-31)44-46-43(30-15-5-2-6-16-30)47-45(48-44)33-19-12-20-34(28-33)49-39-23-9-7-21-35(39)37-25-26-38-36-22-8-10-24-40(36)50-42(38)41(37)49;1-3-11-25(12-4-1)37-40-38(26-13-5-2-6-14-26)42-39(41-37)27-19-21-28(22-20-27)43-33-17-9-7-15-29(33)31-23-24-32-30-16-8-10-18-34(30)44-36(32)35(31)43;1-3-11-21(12-4-1)31-34-32(22-13-5-2-6-14-22)36-33(35-31)37-27-17-9-7-15-23(27)25-19-20-26-24-16-8-10-18-28(24)38-30(26)29(25)37/h1-28H;1-24H;1-20H. The van der Waals surface area contributed by atoms with Crippen molar-refractivity contribution in [2.75, 3.05) is 0 Å². The average Bonchev–Trinajstić information content (AvgIpc) is 1.60. The fourth-order valence-electron chi connectivity index (χ4n) is 18.6. The van der Waals surface area contributed by atoms with Gasteiger partial charge < -0.3 is 9.13 Å². The zero-order valence-electron chi connectivity index (χ0n) is 70.7. The van der Waals surface area contributed by atoms with Gasteiger partial charge in [0.05, 0.1) is 47.2 Å². The minimum Gasteiger partial charge on any atom is -0.308 e. The van der Waals surface area contributed by atoms with E-state index in [1.54, 1.807) is 0 Å². The Morgan fingerprint density at radius 3 is 0.788 bits per heavy atom. The van der Waals surface area contributed by atoms with Crippen LogP contribution in [0, 0.1) is 0 Å². The van der Waals surface area contributed by atoms with E-state index in [2.05, 4.69) is 293 Å². The normalized spacial score (nSPS) is 11.6. The van der Waals surface area contributed by atoms with E-state index in [4.69, 9.17) is 44.9 Å². The molecule has 0 radical (unpaired) electrons. The summed E-state index contributed by atoms with van der Waals surface area (Å²) in [4.78, 5) is 45.0. The second-order valence-corrected chi connectivity index (χ2v) is 35.8. The summed E-state index contributed by atoms with van der Waals surface area (Å²) in [6, 6.07) is 152. The highest BCUT2D eigenvalue weighted by molar-refractivity contribution is 7.27. The van der Waals surface area contributed by atoms with Crippen LogP contribution in [-0.4, -0.2) is 58.6 Å². The maximum absolute atomic E-state index is 5.13. The Hall–Kier alpha value is -17.0. The van der Waals surface area contributed by atoms with Crippen molar-refractivity contribution < 1.29 is 0 Å². The molecule has 0 saturated heterocycles. The van der Waals surface area contributed by atoms with Crippen LogP contribution in [0.25, 0.3) is 245 Å². The maximum atomic E-state index is 5.13. The van der Waals surface area contributed by atoms with Gasteiger partial charge in [-0.3, -0.25) is 4.57 Å². The number of aromatic nitrogens is 12. The van der Waals surface area contributed by atoms with Crippen molar-refractivity contribution in [2.24, 2.45) is 0 Å². The number of fused-ring (bicyclic) bond motifs is 21. The summed E-state index contributed by atoms with van der Waals surface area (Å²) in [5.41, 5.74) is 19.1. The third kappa shape index (κ3) is 13.7. The quantitative estimate of drug-likeness (QED) is 0.117. The predicted molar refractivity (Wildman–Crippen MR) is 550 cm³/mol. The van der Waals surface area contributed by atoms with Crippen LogP contribution in [0.1, 0.15) is 0 Å². The van der Waals surface area contributed by atoms with Gasteiger partial charge in [-0.2, -0.15) is 9.97 Å². The summed E-state index contributed by atoms with van der Waals surface area (Å²) in [6.45, 7) is 0. The lowest BCUT2D eigenvalue weighted by atomic mass is 10.0. The van der Waals surface area contributed by atoms with Gasteiger partial charge in [0.1, 0.15) is 0 Å². The topological polar surface area (TPSA) is 131 Å². The molecular weight excluding hydrogens is 1670 g/mol. The lowest BCUT2D eigenvalue weighted by Crippen LogP contribution is -2.06. The van der Waals surface area contributed by atoms with Crippen LogP contribution in [0.4, 0.5) is 0 Å². The maximum Gasteiger partial charge on any atom is 0.238 e. The van der Waals surface area contributed by atoms with Crippen LogP contribution in [0.2, 0.25) is 0 Å². The molecule has 0 bridgehead atoms. The Kier molecular flexibility index (Phi) is 19.2. The third-order valence-corrected chi connectivity index (χ3v) is 28.3. The molecule has 9 heterocycles. The number of hydrogen-bond acceptors (Lipinski definition) is 12. The Balaban J connectivity index is 0.000000107. The van der Waals surface area contributed by atoms with Gasteiger partial charge in [-0.05, 0) is 90.0 Å². The van der Waals surface area contributed by atoms with Crippen molar-refractivity contribution in [1.82, 2.24) is 58.6 Å². The zero-order valence-corrected chi connectivity index (χ0v) is 73.1. The molecular formula is C117H72N12S3. The van der Waals surface area contributed by atoms with Gasteiger partial charge >= 0.3 is 0 Å². The molecule has 0 atom stereocenters. The van der Waals surface area contributed by atoms with Gasteiger partial charge in [-0.1, -0.05) is 358 Å². The van der Waals surface area contributed by atoms with Crippen LogP contribution in [-0.2, 0) is 0 Å². The molecule has 132 heavy (non-hydrogen) atoms. The molecule has 618 valence electrons. The second-order valence-electron chi connectivity index (χ2n) is 32.6. The summed E-state index contributed by atoms with van der Waals surface area (Å²) in [5.74, 6) is 5.82. The SMILES string of the molecule is c1ccc(-c2cccc(-c3nc(-c4ccccc4)nc(-c4cccc(-n5c6ccccc6c6ccc7c8ccccc8sc7c65)c4)n3)c2)cc1.c1ccc(-c2nc(-c3ccccc3)nc(-c3ccc(-n4c5ccccc5c5ccc6c7ccccc7sc6c54)cc3)n2)cc1.c1ccc(-c2nc(-c3ccccc3)nc(-n3c4ccccc4c4ccc5c6ccccc6sc5c43)n2)cc1. The highest BCUT2D eigenvalue weighted by atomic mass is 32.1. The van der Waals surface area contributed by atoms with Gasteiger partial charge in [0.15, 0.2) is 46.6 Å². The summed E-state index contributed by atoms with van der Waals surface area (Å²) in [6.07, 6.45) is 0. The predicted octanol–water partition coefficient (Wildman–Crippen LogP) is 31.0. The molecule has 0 spiro atoms. The van der Waals surface area contributed by atoms with Gasteiger partial charge in [0, 0.05) is 135 Å². The molecule has 0 aliphatic carbocycles. The monoisotopic (exact) mass is 1740 g/mol. The van der Waals surface area contributed by atoms with E-state index in [9.17, 15) is 0 Å². The molecule has 27 aromatic rings. The highest BCUT2D eigenvalue weighted by Gasteiger charge is 2.26. The van der Waals surface area contributed by atoms with Crippen LogP contribution in [0.3, 0.4) is 0 Å². The molecule has 0 N–H and O–H groups in total. The van der Waals surface area contributed by atoms with Crippen LogP contribution in [0.5, 0.6) is 0 Å². The van der Waals surface area contributed by atoms with Crippen LogP contribution >= 0.6 is 34.0 Å². The van der Waals surface area contributed by atoms with Crippen LogP contribution in [0.15, 0.2) is 437 Å². The smallest absolute Gasteiger partial charge is 0.238 e. The van der Waals surface area contributed by atoms with Crippen molar-refractivity contribution >= 4 is 160 Å². The fraction of sp³-hybridized carbons (Fsp3) is 0. The number of para-hydroxylation sites is 3. The number of rotatable bonds is 12. The molecule has 18 aromatic carbocycles. The van der Waals surface area contributed by atoms with Gasteiger partial charge in [0.2, 0.25) is 5.95 Å². The average molecular weight is 1740 g/mol. The Morgan fingerprint density at radius 2 is 0.409 bits per heavy atom.